The van der Waals surface area contributed by atoms with Gasteiger partial charge in [-0.15, -0.1) is 0 Å². The number of ether oxygens (including phenoxy) is 2. The van der Waals surface area contributed by atoms with Crippen LogP contribution in [0.2, 0.25) is 0 Å². The Labute approximate surface area is 113 Å². The molecular formula is C13H21NO5. The number of hydrogen-bond donors (Lipinski definition) is 1. The van der Waals surface area contributed by atoms with E-state index in [4.69, 9.17) is 14.6 Å². The van der Waals surface area contributed by atoms with E-state index in [0.29, 0.717) is 26.0 Å². The summed E-state index contributed by atoms with van der Waals surface area (Å²) < 4.78 is 10.7. The van der Waals surface area contributed by atoms with Crippen LogP contribution in [-0.2, 0) is 14.3 Å². The van der Waals surface area contributed by atoms with E-state index in [-0.39, 0.29) is 12.2 Å². The third kappa shape index (κ3) is 5.40. The lowest BCUT2D eigenvalue weighted by Crippen LogP contribution is -2.47. The first kappa shape index (κ1) is 15.7. The maximum atomic E-state index is 11.9. The first-order valence-corrected chi connectivity index (χ1v) is 6.22. The van der Waals surface area contributed by atoms with Crippen molar-refractivity contribution in [1.82, 2.24) is 4.90 Å². The number of morpholine rings is 1. The average molecular weight is 271 g/mol. The molecule has 6 nitrogen and oxygen atoms in total. The van der Waals surface area contributed by atoms with Crippen LogP contribution in [0.15, 0.2) is 11.6 Å². The molecule has 1 amide bonds. The molecule has 0 aromatic rings. The Kier molecular flexibility index (Phi) is 5.50. The Morgan fingerprint density at radius 2 is 2.21 bits per heavy atom. The fourth-order valence-electron chi connectivity index (χ4n) is 1.64. The number of carbonyl (C=O) groups is 2. The van der Waals surface area contributed by atoms with Gasteiger partial charge in [0.1, 0.15) is 11.9 Å². The summed E-state index contributed by atoms with van der Waals surface area (Å²) in [6, 6.07) is 0. The van der Waals surface area contributed by atoms with Crippen LogP contribution >= 0.6 is 0 Å². The van der Waals surface area contributed by atoms with Crippen LogP contribution in [0.5, 0.6) is 0 Å². The van der Waals surface area contributed by atoms with Gasteiger partial charge in [-0.3, -0.25) is 4.79 Å². The van der Waals surface area contributed by atoms with Crippen LogP contribution < -0.4 is 0 Å². The second-order valence-corrected chi connectivity index (χ2v) is 5.35. The lowest BCUT2D eigenvalue weighted by molar-refractivity contribution is -0.105. The van der Waals surface area contributed by atoms with Crippen LogP contribution in [0.4, 0.5) is 4.79 Å². The van der Waals surface area contributed by atoms with Gasteiger partial charge in [0.15, 0.2) is 0 Å². The summed E-state index contributed by atoms with van der Waals surface area (Å²) in [5.74, 6) is 0. The van der Waals surface area contributed by atoms with Gasteiger partial charge < -0.3 is 19.5 Å². The molecule has 19 heavy (non-hydrogen) atoms. The van der Waals surface area contributed by atoms with Crippen molar-refractivity contribution in [3.8, 4) is 0 Å². The summed E-state index contributed by atoms with van der Waals surface area (Å²) in [4.78, 5) is 24.1. The Bertz CT molecular complexity index is 359. The fraction of sp³-hybridized carbons (Fsp3) is 0.692. The number of carbonyl (C=O) groups excluding carboxylic acids is 2. The Morgan fingerprint density at radius 1 is 1.53 bits per heavy atom. The summed E-state index contributed by atoms with van der Waals surface area (Å²) in [6.07, 6.45) is 1.32. The van der Waals surface area contributed by atoms with E-state index in [0.717, 1.165) is 0 Å². The Hall–Kier alpha value is -1.40. The van der Waals surface area contributed by atoms with Crippen molar-refractivity contribution < 1.29 is 24.2 Å². The average Bonchev–Trinajstić information content (AvgIpc) is 2.34. The van der Waals surface area contributed by atoms with Gasteiger partial charge in [-0.2, -0.15) is 0 Å². The zero-order chi connectivity index (χ0) is 14.5. The number of aliphatic hydroxyl groups is 1. The highest BCUT2D eigenvalue weighted by atomic mass is 16.6. The molecule has 108 valence electrons. The van der Waals surface area contributed by atoms with Crippen molar-refractivity contribution in [2.75, 3.05) is 26.3 Å². The Balaban J connectivity index is 2.62. The molecule has 0 aromatic heterocycles. The molecule has 1 aliphatic rings. The Morgan fingerprint density at radius 3 is 2.74 bits per heavy atom. The van der Waals surface area contributed by atoms with Crippen LogP contribution in [0.3, 0.4) is 0 Å². The number of rotatable bonds is 3. The summed E-state index contributed by atoms with van der Waals surface area (Å²) in [5, 5.41) is 8.92. The van der Waals surface area contributed by atoms with E-state index < -0.39 is 17.8 Å². The number of nitrogens with zero attached hydrogens (tertiary/aromatic N) is 1. The highest BCUT2D eigenvalue weighted by molar-refractivity contribution is 5.73. The zero-order valence-corrected chi connectivity index (χ0v) is 11.6. The lowest BCUT2D eigenvalue weighted by Gasteiger charge is -2.33. The first-order valence-electron chi connectivity index (χ1n) is 6.22. The van der Waals surface area contributed by atoms with Gasteiger partial charge in [0, 0.05) is 12.1 Å². The second-order valence-electron chi connectivity index (χ2n) is 5.35. The third-order valence-corrected chi connectivity index (χ3v) is 2.48. The predicted octanol–water partition coefficient (Wildman–Crippen LogP) is 0.740. The molecule has 0 bridgehead atoms. The van der Waals surface area contributed by atoms with Gasteiger partial charge >= 0.3 is 6.09 Å². The van der Waals surface area contributed by atoms with Crippen LogP contribution in [0, 0.1) is 0 Å². The molecule has 1 heterocycles. The van der Waals surface area contributed by atoms with Crippen LogP contribution in [0.25, 0.3) is 0 Å². The highest BCUT2D eigenvalue weighted by Gasteiger charge is 2.27. The summed E-state index contributed by atoms with van der Waals surface area (Å²) in [5.41, 5.74) is -0.296. The SMILES string of the molecule is CC(C)(C)OC(=O)N1CCO[C@@H](/C=C(\C=O)CO)C1. The zero-order valence-electron chi connectivity index (χ0n) is 11.6. The summed E-state index contributed by atoms with van der Waals surface area (Å²) in [7, 11) is 0. The minimum absolute atomic E-state index is 0.246. The van der Waals surface area contributed by atoms with Crippen molar-refractivity contribution in [1.29, 1.82) is 0 Å². The molecular weight excluding hydrogens is 250 g/mol. The number of aliphatic hydroxyl groups excluding tert-OH is 1. The minimum Gasteiger partial charge on any atom is -0.444 e. The van der Waals surface area contributed by atoms with E-state index in [1.807, 2.05) is 0 Å². The third-order valence-electron chi connectivity index (χ3n) is 2.48. The molecule has 1 aliphatic heterocycles. The van der Waals surface area contributed by atoms with Gasteiger partial charge in [-0.1, -0.05) is 0 Å². The van der Waals surface area contributed by atoms with E-state index in [1.54, 1.807) is 20.8 Å². The van der Waals surface area contributed by atoms with Gasteiger partial charge in [0.05, 0.1) is 25.9 Å². The van der Waals surface area contributed by atoms with Crippen molar-refractivity contribution in [2.24, 2.45) is 0 Å². The van der Waals surface area contributed by atoms with Gasteiger partial charge in [0.25, 0.3) is 0 Å². The summed E-state index contributed by atoms with van der Waals surface area (Å²) >= 11 is 0. The molecule has 1 N–H and O–H groups in total. The van der Waals surface area contributed by atoms with Crippen molar-refractivity contribution in [3.63, 3.8) is 0 Å². The largest absolute Gasteiger partial charge is 0.444 e. The lowest BCUT2D eigenvalue weighted by atomic mass is 10.2. The van der Waals surface area contributed by atoms with E-state index in [9.17, 15) is 9.59 Å². The van der Waals surface area contributed by atoms with Gasteiger partial charge in [0.2, 0.25) is 0 Å². The maximum absolute atomic E-state index is 11.9. The minimum atomic E-state index is -0.542. The van der Waals surface area contributed by atoms with E-state index >= 15 is 0 Å². The molecule has 6 heteroatoms. The van der Waals surface area contributed by atoms with E-state index in [1.165, 1.54) is 11.0 Å². The molecule has 0 aromatic carbocycles. The molecule has 0 unspecified atom stereocenters. The molecule has 1 rings (SSSR count). The van der Waals surface area contributed by atoms with Crippen LogP contribution in [0.1, 0.15) is 20.8 Å². The van der Waals surface area contributed by atoms with Crippen LogP contribution in [-0.4, -0.2) is 60.4 Å². The topological polar surface area (TPSA) is 76.1 Å². The molecule has 1 fully saturated rings. The normalized spacial score (nSPS) is 21.2. The van der Waals surface area contributed by atoms with Crippen molar-refractivity contribution in [3.05, 3.63) is 11.6 Å². The molecule has 0 saturated carbocycles. The predicted molar refractivity (Wildman–Crippen MR) is 68.8 cm³/mol. The second kappa shape index (κ2) is 6.68. The number of hydrogen-bond acceptors (Lipinski definition) is 5. The quantitative estimate of drug-likeness (QED) is 0.605. The van der Waals surface area contributed by atoms with Crippen molar-refractivity contribution >= 4 is 12.4 Å². The van der Waals surface area contributed by atoms with E-state index in [2.05, 4.69) is 0 Å². The molecule has 1 saturated heterocycles. The van der Waals surface area contributed by atoms with Gasteiger partial charge in [-0.05, 0) is 26.8 Å². The molecule has 1 atom stereocenters. The molecule has 0 aliphatic carbocycles. The number of aldehydes is 1. The van der Waals surface area contributed by atoms with Gasteiger partial charge in [-0.25, -0.2) is 4.79 Å². The van der Waals surface area contributed by atoms with Crippen molar-refractivity contribution in [2.45, 2.75) is 32.5 Å². The number of amides is 1. The molecule has 0 spiro atoms. The summed E-state index contributed by atoms with van der Waals surface area (Å²) in [6.45, 7) is 6.21. The monoisotopic (exact) mass is 271 g/mol. The molecule has 0 radical (unpaired) electrons. The first-order chi connectivity index (χ1) is 8.85. The smallest absolute Gasteiger partial charge is 0.410 e. The fourth-order valence-corrected chi connectivity index (χ4v) is 1.64. The standard InChI is InChI=1S/C13H21NO5/c1-13(2,3)19-12(17)14-4-5-18-11(7-14)6-10(8-15)9-16/h6,8,11,16H,4-5,7,9H2,1-3H3/b10-6+/t11-/m0/s1. The maximum Gasteiger partial charge on any atom is 0.410 e. The highest BCUT2D eigenvalue weighted by Crippen LogP contribution is 2.14.